The topological polar surface area (TPSA) is 43.4 Å². The van der Waals surface area contributed by atoms with Crippen molar-refractivity contribution in [3.05, 3.63) is 29.8 Å². The second kappa shape index (κ2) is 4.70. The third kappa shape index (κ3) is 2.11. The molecule has 1 heterocycles. The Labute approximate surface area is 98.2 Å². The van der Waals surface area contributed by atoms with Gasteiger partial charge in [0.05, 0.1) is 13.5 Å². The Morgan fingerprint density at radius 3 is 3.00 bits per heavy atom. The Balaban J connectivity index is 2.18. The number of methoxy groups -OCH3 is 1. The molecule has 0 fully saturated rings. The van der Waals surface area contributed by atoms with E-state index < -0.39 is 0 Å². The fraction of sp³-hybridized carbons (Fsp3) is 0.333. The minimum Gasteiger partial charge on any atom is -0.469 e. The lowest BCUT2D eigenvalue weighted by Crippen LogP contribution is -2.25. The third-order valence-corrected chi connectivity index (χ3v) is 3.84. The molecule has 0 aliphatic carbocycles. The van der Waals surface area contributed by atoms with Crippen molar-refractivity contribution < 1.29 is 14.3 Å². The average molecular weight is 236 g/mol. The van der Waals surface area contributed by atoms with Gasteiger partial charge in [0.2, 0.25) is 0 Å². The number of benzene rings is 1. The zero-order chi connectivity index (χ0) is 11.5. The number of hydrogen-bond donors (Lipinski definition) is 0. The SMILES string of the molecule is COC(=O)C[C@@H]1CSc2ccccc2C1=O. The van der Waals surface area contributed by atoms with Crippen LogP contribution in [0.3, 0.4) is 0 Å². The lowest BCUT2D eigenvalue weighted by molar-refractivity contribution is -0.141. The maximum atomic E-state index is 12.0. The van der Waals surface area contributed by atoms with Crippen molar-refractivity contribution >= 4 is 23.5 Å². The first-order valence-electron chi connectivity index (χ1n) is 5.05. The van der Waals surface area contributed by atoms with Crippen LogP contribution in [0.15, 0.2) is 29.2 Å². The first kappa shape index (κ1) is 11.2. The molecule has 0 amide bonds. The quantitative estimate of drug-likeness (QED) is 0.738. The molecule has 0 saturated heterocycles. The molecular formula is C12H12O3S. The Morgan fingerprint density at radius 1 is 1.50 bits per heavy atom. The van der Waals surface area contributed by atoms with Crippen LogP contribution in [0.1, 0.15) is 16.8 Å². The van der Waals surface area contributed by atoms with Gasteiger partial charge in [0.15, 0.2) is 5.78 Å². The molecule has 1 aliphatic rings. The van der Waals surface area contributed by atoms with Crippen LogP contribution in [0, 0.1) is 5.92 Å². The molecular weight excluding hydrogens is 224 g/mol. The summed E-state index contributed by atoms with van der Waals surface area (Å²) in [5.41, 5.74) is 0.729. The number of hydrogen-bond acceptors (Lipinski definition) is 4. The highest BCUT2D eigenvalue weighted by Gasteiger charge is 2.29. The summed E-state index contributed by atoms with van der Waals surface area (Å²) in [7, 11) is 1.34. The van der Waals surface area contributed by atoms with Crippen LogP contribution in [0.25, 0.3) is 0 Å². The largest absolute Gasteiger partial charge is 0.469 e. The van der Waals surface area contributed by atoms with Crippen molar-refractivity contribution in [2.24, 2.45) is 5.92 Å². The standard InChI is InChI=1S/C12H12O3S/c1-15-11(13)6-8-7-16-10-5-3-2-4-9(10)12(8)14/h2-5,8H,6-7H2,1H3/t8-/m1/s1. The molecule has 3 nitrogen and oxygen atoms in total. The van der Waals surface area contributed by atoms with Crippen molar-refractivity contribution in [3.8, 4) is 0 Å². The maximum absolute atomic E-state index is 12.0. The average Bonchev–Trinajstić information content (AvgIpc) is 2.33. The van der Waals surface area contributed by atoms with E-state index in [1.807, 2.05) is 24.3 Å². The summed E-state index contributed by atoms with van der Waals surface area (Å²) in [5.74, 6) is 0.149. The van der Waals surface area contributed by atoms with E-state index >= 15 is 0 Å². The number of Topliss-reactive ketones (excluding diaryl/α,β-unsaturated/α-hetero) is 1. The second-order valence-electron chi connectivity index (χ2n) is 3.65. The fourth-order valence-corrected chi connectivity index (χ4v) is 2.87. The first-order valence-corrected chi connectivity index (χ1v) is 6.04. The van der Waals surface area contributed by atoms with E-state index in [1.54, 1.807) is 11.8 Å². The van der Waals surface area contributed by atoms with Crippen LogP contribution in [0.4, 0.5) is 0 Å². The monoisotopic (exact) mass is 236 g/mol. The molecule has 0 aromatic heterocycles. The summed E-state index contributed by atoms with van der Waals surface area (Å²) in [5, 5.41) is 0. The normalized spacial score (nSPS) is 19.1. The minimum atomic E-state index is -0.321. The lowest BCUT2D eigenvalue weighted by atomic mass is 9.96. The maximum Gasteiger partial charge on any atom is 0.306 e. The van der Waals surface area contributed by atoms with Crippen LogP contribution in [0.5, 0.6) is 0 Å². The predicted octanol–water partition coefficient (Wildman–Crippen LogP) is 2.15. The molecule has 1 aliphatic heterocycles. The zero-order valence-electron chi connectivity index (χ0n) is 8.93. The summed E-state index contributed by atoms with van der Waals surface area (Å²) in [6, 6.07) is 7.51. The summed E-state index contributed by atoms with van der Waals surface area (Å²) in [4.78, 5) is 24.2. The molecule has 0 bridgehead atoms. The molecule has 0 radical (unpaired) electrons. The van der Waals surface area contributed by atoms with Gasteiger partial charge in [0.25, 0.3) is 0 Å². The molecule has 0 unspecified atom stereocenters. The zero-order valence-corrected chi connectivity index (χ0v) is 9.75. The van der Waals surface area contributed by atoms with E-state index in [9.17, 15) is 9.59 Å². The molecule has 1 aromatic rings. The molecule has 4 heteroatoms. The molecule has 16 heavy (non-hydrogen) atoms. The Kier molecular flexibility index (Phi) is 3.29. The van der Waals surface area contributed by atoms with Gasteiger partial charge < -0.3 is 4.74 Å². The highest BCUT2D eigenvalue weighted by Crippen LogP contribution is 2.33. The van der Waals surface area contributed by atoms with Crippen LogP contribution in [0.2, 0.25) is 0 Å². The molecule has 0 N–H and O–H groups in total. The smallest absolute Gasteiger partial charge is 0.306 e. The molecule has 1 aromatic carbocycles. The van der Waals surface area contributed by atoms with Crippen molar-refractivity contribution in [2.75, 3.05) is 12.9 Å². The molecule has 0 spiro atoms. The second-order valence-corrected chi connectivity index (χ2v) is 4.71. The van der Waals surface area contributed by atoms with Crippen LogP contribution >= 0.6 is 11.8 Å². The lowest BCUT2D eigenvalue weighted by Gasteiger charge is -2.21. The molecule has 0 saturated carbocycles. The third-order valence-electron chi connectivity index (χ3n) is 2.60. The van der Waals surface area contributed by atoms with Gasteiger partial charge in [-0.05, 0) is 6.07 Å². The van der Waals surface area contributed by atoms with Gasteiger partial charge in [0, 0.05) is 22.1 Å². The number of ether oxygens (including phenoxy) is 1. The van der Waals surface area contributed by atoms with E-state index in [0.29, 0.717) is 5.75 Å². The van der Waals surface area contributed by atoms with Gasteiger partial charge in [-0.2, -0.15) is 0 Å². The van der Waals surface area contributed by atoms with Gasteiger partial charge in [-0.1, -0.05) is 18.2 Å². The van der Waals surface area contributed by atoms with Crippen molar-refractivity contribution in [1.29, 1.82) is 0 Å². The van der Waals surface area contributed by atoms with E-state index in [4.69, 9.17) is 0 Å². The highest BCUT2D eigenvalue weighted by atomic mass is 32.2. The summed E-state index contributed by atoms with van der Waals surface area (Å²) in [6.45, 7) is 0. The van der Waals surface area contributed by atoms with E-state index in [0.717, 1.165) is 10.5 Å². The van der Waals surface area contributed by atoms with Gasteiger partial charge in [-0.3, -0.25) is 9.59 Å². The number of carbonyl (C=O) groups excluding carboxylic acids is 2. The minimum absolute atomic E-state index is 0.0553. The van der Waals surface area contributed by atoms with Crippen molar-refractivity contribution in [3.63, 3.8) is 0 Å². The number of rotatable bonds is 2. The van der Waals surface area contributed by atoms with Crippen LogP contribution in [-0.4, -0.2) is 24.6 Å². The van der Waals surface area contributed by atoms with E-state index in [2.05, 4.69) is 4.74 Å². The summed E-state index contributed by atoms with van der Waals surface area (Å²) >= 11 is 1.62. The van der Waals surface area contributed by atoms with E-state index in [-0.39, 0.29) is 24.1 Å². The Hall–Kier alpha value is -1.29. The van der Waals surface area contributed by atoms with Gasteiger partial charge in [0.1, 0.15) is 0 Å². The fourth-order valence-electron chi connectivity index (χ4n) is 1.72. The number of carbonyl (C=O) groups is 2. The van der Waals surface area contributed by atoms with Gasteiger partial charge >= 0.3 is 5.97 Å². The van der Waals surface area contributed by atoms with Crippen LogP contribution in [-0.2, 0) is 9.53 Å². The van der Waals surface area contributed by atoms with E-state index in [1.165, 1.54) is 7.11 Å². The summed E-state index contributed by atoms with van der Waals surface area (Å²) < 4.78 is 4.59. The predicted molar refractivity (Wildman–Crippen MR) is 61.6 cm³/mol. The molecule has 84 valence electrons. The Morgan fingerprint density at radius 2 is 2.25 bits per heavy atom. The van der Waals surface area contributed by atoms with Crippen molar-refractivity contribution in [1.82, 2.24) is 0 Å². The Bertz CT molecular complexity index is 428. The summed E-state index contributed by atoms with van der Waals surface area (Å²) in [6.07, 6.45) is 0.177. The first-order chi connectivity index (χ1) is 7.72. The van der Waals surface area contributed by atoms with Crippen LogP contribution < -0.4 is 0 Å². The number of thioether (sulfide) groups is 1. The molecule has 1 atom stereocenters. The highest BCUT2D eigenvalue weighted by molar-refractivity contribution is 7.99. The van der Waals surface area contributed by atoms with Crippen molar-refractivity contribution in [2.45, 2.75) is 11.3 Å². The number of esters is 1. The van der Waals surface area contributed by atoms with Gasteiger partial charge in [-0.15, -0.1) is 11.8 Å². The number of fused-ring (bicyclic) bond motifs is 1. The number of ketones is 1. The molecule has 2 rings (SSSR count). The van der Waals surface area contributed by atoms with Gasteiger partial charge in [-0.25, -0.2) is 0 Å².